The monoisotopic (exact) mass is 447 g/mol. The fourth-order valence-corrected chi connectivity index (χ4v) is 4.98. The first-order valence-corrected chi connectivity index (χ1v) is 11.6. The van der Waals surface area contributed by atoms with Crippen LogP contribution in [0.2, 0.25) is 0 Å². The third-order valence-corrected chi connectivity index (χ3v) is 7.07. The molecular weight excluding hydrogens is 421 g/mol. The van der Waals surface area contributed by atoms with Crippen LogP contribution >= 0.6 is 0 Å². The van der Waals surface area contributed by atoms with Gasteiger partial charge in [0.2, 0.25) is 21.8 Å². The van der Waals surface area contributed by atoms with Gasteiger partial charge in [-0.05, 0) is 42.7 Å². The summed E-state index contributed by atoms with van der Waals surface area (Å²) in [5.74, 6) is -1.44. The van der Waals surface area contributed by atoms with Crippen molar-refractivity contribution in [1.29, 1.82) is 0 Å². The fraction of sp³-hybridized carbons (Fsp3) is 0.364. The van der Waals surface area contributed by atoms with Crippen molar-refractivity contribution in [3.63, 3.8) is 0 Å². The van der Waals surface area contributed by atoms with Crippen LogP contribution in [0.3, 0.4) is 0 Å². The second kappa shape index (κ2) is 10.5. The number of amides is 2. The van der Waals surface area contributed by atoms with E-state index in [-0.39, 0.29) is 36.2 Å². The molecule has 2 aromatic rings. The molecule has 0 spiro atoms. The number of sulfonamides is 1. The Labute approximate surface area is 181 Å². The first kappa shape index (κ1) is 22.9. The summed E-state index contributed by atoms with van der Waals surface area (Å²) >= 11 is 0. The normalized spacial score (nSPS) is 17.1. The summed E-state index contributed by atoms with van der Waals surface area (Å²) in [5.41, 5.74) is 0.990. The lowest BCUT2D eigenvalue weighted by molar-refractivity contribution is -0.126. The van der Waals surface area contributed by atoms with Crippen LogP contribution in [0.1, 0.15) is 24.8 Å². The van der Waals surface area contributed by atoms with Gasteiger partial charge in [0.25, 0.3) is 0 Å². The van der Waals surface area contributed by atoms with Crippen LogP contribution in [-0.4, -0.2) is 44.2 Å². The van der Waals surface area contributed by atoms with Crippen LogP contribution in [-0.2, 0) is 26.2 Å². The van der Waals surface area contributed by atoms with E-state index in [0.29, 0.717) is 25.9 Å². The average molecular weight is 448 g/mol. The summed E-state index contributed by atoms with van der Waals surface area (Å²) in [6, 6.07) is 14.2. The number of carbonyl (C=O) groups excluding carboxylic acids is 2. The molecule has 31 heavy (non-hydrogen) atoms. The van der Waals surface area contributed by atoms with Crippen molar-refractivity contribution in [3.8, 4) is 0 Å². The summed E-state index contributed by atoms with van der Waals surface area (Å²) in [4.78, 5) is 24.5. The summed E-state index contributed by atoms with van der Waals surface area (Å²) in [6.07, 6.45) is 1.26. The molecule has 1 fully saturated rings. The lowest BCUT2D eigenvalue weighted by Crippen LogP contribution is -2.45. The number of nitrogens with one attached hydrogen (secondary N) is 2. The topological polar surface area (TPSA) is 95.6 Å². The zero-order valence-electron chi connectivity index (χ0n) is 17.1. The van der Waals surface area contributed by atoms with Gasteiger partial charge in [0.15, 0.2) is 0 Å². The molecular formula is C22H26FN3O4S. The van der Waals surface area contributed by atoms with E-state index >= 15 is 0 Å². The number of hydrogen-bond donors (Lipinski definition) is 2. The summed E-state index contributed by atoms with van der Waals surface area (Å²) in [7, 11) is -3.79. The minimum absolute atomic E-state index is 0.00467. The molecule has 1 aliphatic heterocycles. The van der Waals surface area contributed by atoms with E-state index in [9.17, 15) is 22.4 Å². The fourth-order valence-electron chi connectivity index (χ4n) is 3.46. The van der Waals surface area contributed by atoms with Gasteiger partial charge >= 0.3 is 0 Å². The highest BCUT2D eigenvalue weighted by Crippen LogP contribution is 2.24. The first-order chi connectivity index (χ1) is 14.9. The number of hydrogen-bond acceptors (Lipinski definition) is 4. The maximum Gasteiger partial charge on any atom is 0.243 e. The molecule has 1 saturated heterocycles. The maximum absolute atomic E-state index is 13.1. The summed E-state index contributed by atoms with van der Waals surface area (Å²) < 4.78 is 39.9. The Bertz CT molecular complexity index is 997. The van der Waals surface area contributed by atoms with Gasteiger partial charge in [-0.25, -0.2) is 12.8 Å². The van der Waals surface area contributed by atoms with Crippen molar-refractivity contribution in [2.45, 2.75) is 30.7 Å². The highest BCUT2D eigenvalue weighted by Gasteiger charge is 2.33. The Balaban J connectivity index is 1.46. The van der Waals surface area contributed by atoms with Crippen molar-refractivity contribution in [3.05, 3.63) is 66.0 Å². The number of benzene rings is 2. The third-order valence-electron chi connectivity index (χ3n) is 5.19. The molecule has 2 amide bonds. The van der Waals surface area contributed by atoms with E-state index in [1.54, 1.807) is 0 Å². The maximum atomic E-state index is 13.1. The van der Waals surface area contributed by atoms with Gasteiger partial charge < -0.3 is 10.6 Å². The smallest absolute Gasteiger partial charge is 0.243 e. The molecule has 0 unspecified atom stereocenters. The molecule has 0 aromatic heterocycles. The minimum atomic E-state index is -3.79. The van der Waals surface area contributed by atoms with E-state index in [4.69, 9.17) is 0 Å². The molecule has 166 valence electrons. The second-order valence-electron chi connectivity index (χ2n) is 7.46. The predicted molar refractivity (Wildman–Crippen MR) is 114 cm³/mol. The van der Waals surface area contributed by atoms with Gasteiger partial charge in [-0.3, -0.25) is 9.59 Å². The third kappa shape index (κ3) is 6.35. The molecule has 0 radical (unpaired) electrons. The molecule has 0 aliphatic carbocycles. The summed E-state index contributed by atoms with van der Waals surface area (Å²) in [5, 5.41) is 5.53. The molecule has 3 rings (SSSR count). The predicted octanol–water partition coefficient (Wildman–Crippen LogP) is 2.05. The number of rotatable bonds is 8. The number of halogens is 1. The van der Waals surface area contributed by atoms with E-state index in [1.807, 2.05) is 30.3 Å². The average Bonchev–Trinajstić information content (AvgIpc) is 2.78. The van der Waals surface area contributed by atoms with Crippen molar-refractivity contribution in [2.75, 3.05) is 19.6 Å². The Kier molecular flexibility index (Phi) is 7.75. The van der Waals surface area contributed by atoms with Gasteiger partial charge in [-0.1, -0.05) is 30.3 Å². The van der Waals surface area contributed by atoms with Crippen LogP contribution in [0.5, 0.6) is 0 Å². The Morgan fingerprint density at radius 1 is 1.03 bits per heavy atom. The zero-order chi connectivity index (χ0) is 22.3. The molecule has 7 nitrogen and oxygen atoms in total. The quantitative estimate of drug-likeness (QED) is 0.648. The van der Waals surface area contributed by atoms with Gasteiger partial charge in [0.1, 0.15) is 5.82 Å². The van der Waals surface area contributed by atoms with Crippen LogP contribution in [0.4, 0.5) is 4.39 Å². The molecule has 0 bridgehead atoms. The van der Waals surface area contributed by atoms with Crippen LogP contribution in [0, 0.1) is 11.7 Å². The van der Waals surface area contributed by atoms with E-state index in [2.05, 4.69) is 10.6 Å². The van der Waals surface area contributed by atoms with E-state index in [0.717, 1.165) is 17.7 Å². The Hall–Kier alpha value is -2.78. The lowest BCUT2D eigenvalue weighted by Gasteiger charge is -2.31. The van der Waals surface area contributed by atoms with Gasteiger partial charge in [-0.2, -0.15) is 4.31 Å². The number of piperidine rings is 1. The molecule has 1 atom stereocenters. The molecule has 1 heterocycles. The first-order valence-electron chi connectivity index (χ1n) is 10.2. The SMILES string of the molecule is O=C(CCNC(=O)[C@@H]1CCCN(S(=O)(=O)c2ccc(F)cc2)C1)NCc1ccccc1. The zero-order valence-corrected chi connectivity index (χ0v) is 17.9. The van der Waals surface area contributed by atoms with Gasteiger partial charge in [0, 0.05) is 32.6 Å². The largest absolute Gasteiger partial charge is 0.355 e. The minimum Gasteiger partial charge on any atom is -0.355 e. The highest BCUT2D eigenvalue weighted by molar-refractivity contribution is 7.89. The van der Waals surface area contributed by atoms with Crippen LogP contribution in [0.25, 0.3) is 0 Å². The van der Waals surface area contributed by atoms with E-state index in [1.165, 1.54) is 16.4 Å². The molecule has 2 aromatic carbocycles. The molecule has 2 N–H and O–H groups in total. The van der Waals surface area contributed by atoms with Crippen molar-refractivity contribution in [2.24, 2.45) is 5.92 Å². The van der Waals surface area contributed by atoms with Gasteiger partial charge in [0.05, 0.1) is 10.8 Å². The van der Waals surface area contributed by atoms with Crippen molar-refractivity contribution >= 4 is 21.8 Å². The standard InChI is InChI=1S/C22H26FN3O4S/c23-19-8-10-20(11-9-19)31(29,30)26-14-4-7-18(16-26)22(28)24-13-12-21(27)25-15-17-5-2-1-3-6-17/h1-3,5-6,8-11,18H,4,7,12-16H2,(H,24,28)(H,25,27)/t18-/m1/s1. The van der Waals surface area contributed by atoms with Crippen molar-refractivity contribution in [1.82, 2.24) is 14.9 Å². The van der Waals surface area contributed by atoms with Gasteiger partial charge in [-0.15, -0.1) is 0 Å². The lowest BCUT2D eigenvalue weighted by atomic mass is 9.99. The Morgan fingerprint density at radius 2 is 1.74 bits per heavy atom. The highest BCUT2D eigenvalue weighted by atomic mass is 32.2. The summed E-state index contributed by atoms with van der Waals surface area (Å²) in [6.45, 7) is 0.976. The number of nitrogens with zero attached hydrogens (tertiary/aromatic N) is 1. The van der Waals surface area contributed by atoms with Crippen molar-refractivity contribution < 1.29 is 22.4 Å². The van der Waals surface area contributed by atoms with Crippen LogP contribution in [0.15, 0.2) is 59.5 Å². The Morgan fingerprint density at radius 3 is 2.45 bits per heavy atom. The molecule has 9 heteroatoms. The molecule has 0 saturated carbocycles. The molecule has 1 aliphatic rings. The van der Waals surface area contributed by atoms with Crippen LogP contribution < -0.4 is 10.6 Å². The number of carbonyl (C=O) groups is 2. The van der Waals surface area contributed by atoms with E-state index < -0.39 is 21.8 Å². The second-order valence-corrected chi connectivity index (χ2v) is 9.40.